The molecule has 1 amide bonds. The van der Waals surface area contributed by atoms with Gasteiger partial charge in [-0.05, 0) is 25.3 Å². The summed E-state index contributed by atoms with van der Waals surface area (Å²) in [6, 6.07) is 1.80. The lowest BCUT2D eigenvalue weighted by atomic mass is 9.96. The second kappa shape index (κ2) is 5.94. The van der Waals surface area contributed by atoms with Gasteiger partial charge in [0.1, 0.15) is 6.33 Å². The molecule has 2 aliphatic rings. The van der Waals surface area contributed by atoms with Crippen molar-refractivity contribution in [2.24, 2.45) is 5.92 Å². The first-order valence-electron chi connectivity index (χ1n) is 8.04. The standard InChI is InChI=1S/C15H19N7O/c23-13(21-8-3-9-22-15(21)18-11-19-22)12-4-1-7-20(10-12)14-16-5-2-6-17-14/h2,5-6,11-12H,1,3-4,7-10H2. The lowest BCUT2D eigenvalue weighted by Gasteiger charge is -2.35. The van der Waals surface area contributed by atoms with Crippen LogP contribution < -0.4 is 9.80 Å². The molecule has 4 rings (SSSR count). The molecule has 8 nitrogen and oxygen atoms in total. The number of piperidine rings is 1. The topological polar surface area (TPSA) is 80.0 Å². The van der Waals surface area contributed by atoms with Crippen molar-refractivity contribution in [1.29, 1.82) is 0 Å². The van der Waals surface area contributed by atoms with E-state index in [4.69, 9.17) is 0 Å². The molecule has 8 heteroatoms. The second-order valence-corrected chi connectivity index (χ2v) is 5.96. The zero-order valence-electron chi connectivity index (χ0n) is 12.9. The van der Waals surface area contributed by atoms with Crippen LogP contribution in [0.5, 0.6) is 0 Å². The van der Waals surface area contributed by atoms with Crippen molar-refractivity contribution in [2.75, 3.05) is 29.4 Å². The first kappa shape index (κ1) is 14.1. The summed E-state index contributed by atoms with van der Waals surface area (Å²) in [6.45, 7) is 3.10. The number of aromatic nitrogens is 5. The van der Waals surface area contributed by atoms with Gasteiger partial charge in [-0.15, -0.1) is 0 Å². The van der Waals surface area contributed by atoms with Crippen molar-refractivity contribution >= 4 is 17.8 Å². The summed E-state index contributed by atoms with van der Waals surface area (Å²) in [5.41, 5.74) is 0. The third-order valence-corrected chi connectivity index (χ3v) is 4.46. The number of hydrogen-bond donors (Lipinski definition) is 0. The van der Waals surface area contributed by atoms with Crippen LogP contribution >= 0.6 is 0 Å². The molecule has 0 spiro atoms. The van der Waals surface area contributed by atoms with E-state index in [9.17, 15) is 4.79 Å². The summed E-state index contributed by atoms with van der Waals surface area (Å²) in [5.74, 6) is 1.47. The minimum absolute atomic E-state index is 0.0455. The number of carbonyl (C=O) groups excluding carboxylic acids is 1. The number of carbonyl (C=O) groups is 1. The second-order valence-electron chi connectivity index (χ2n) is 5.96. The van der Waals surface area contributed by atoms with Crippen molar-refractivity contribution in [3.05, 3.63) is 24.8 Å². The fraction of sp³-hybridized carbons (Fsp3) is 0.533. The summed E-state index contributed by atoms with van der Waals surface area (Å²) < 4.78 is 1.81. The van der Waals surface area contributed by atoms with Crippen molar-refractivity contribution in [3.8, 4) is 0 Å². The number of nitrogens with zero attached hydrogens (tertiary/aromatic N) is 7. The van der Waals surface area contributed by atoms with Crippen LogP contribution in [0.2, 0.25) is 0 Å². The van der Waals surface area contributed by atoms with Crippen LogP contribution in [0.4, 0.5) is 11.9 Å². The molecular formula is C15H19N7O. The highest BCUT2D eigenvalue weighted by molar-refractivity contribution is 5.94. The maximum atomic E-state index is 13.0. The predicted molar refractivity (Wildman–Crippen MR) is 84.0 cm³/mol. The van der Waals surface area contributed by atoms with Crippen LogP contribution in [-0.4, -0.2) is 50.3 Å². The SMILES string of the molecule is O=C(C1CCCN(c2ncccn2)C1)N1CCCn2ncnc21. The van der Waals surface area contributed by atoms with E-state index in [-0.39, 0.29) is 11.8 Å². The monoisotopic (exact) mass is 313 g/mol. The van der Waals surface area contributed by atoms with Gasteiger partial charge in [-0.25, -0.2) is 14.6 Å². The number of rotatable bonds is 2. The van der Waals surface area contributed by atoms with Gasteiger partial charge in [0.05, 0.1) is 5.92 Å². The Hall–Kier alpha value is -2.51. The van der Waals surface area contributed by atoms with Crippen LogP contribution in [0.15, 0.2) is 24.8 Å². The van der Waals surface area contributed by atoms with E-state index in [2.05, 4.69) is 25.0 Å². The Morgan fingerprint density at radius 3 is 2.83 bits per heavy atom. The van der Waals surface area contributed by atoms with E-state index < -0.39 is 0 Å². The highest BCUT2D eigenvalue weighted by Gasteiger charge is 2.33. The molecule has 0 saturated carbocycles. The number of anilines is 2. The average Bonchev–Trinajstić information content (AvgIpc) is 3.11. The Labute approximate surface area is 134 Å². The maximum absolute atomic E-state index is 13.0. The molecule has 0 radical (unpaired) electrons. The van der Waals surface area contributed by atoms with Crippen LogP contribution in [0.3, 0.4) is 0 Å². The first-order chi connectivity index (χ1) is 11.3. The Kier molecular flexibility index (Phi) is 3.64. The van der Waals surface area contributed by atoms with Gasteiger partial charge in [-0.2, -0.15) is 10.1 Å². The number of hydrogen-bond acceptors (Lipinski definition) is 6. The highest BCUT2D eigenvalue weighted by atomic mass is 16.2. The third-order valence-electron chi connectivity index (χ3n) is 4.46. The van der Waals surface area contributed by atoms with Crippen molar-refractivity contribution in [3.63, 3.8) is 0 Å². The highest BCUT2D eigenvalue weighted by Crippen LogP contribution is 2.25. The molecule has 2 aromatic heterocycles. The molecular weight excluding hydrogens is 294 g/mol. The average molecular weight is 313 g/mol. The van der Waals surface area contributed by atoms with Crippen LogP contribution in [0.25, 0.3) is 0 Å². The predicted octanol–water partition coefficient (Wildman–Crippen LogP) is 0.721. The summed E-state index contributed by atoms with van der Waals surface area (Å²) in [6.07, 6.45) is 7.77. The molecule has 0 N–H and O–H groups in total. The van der Waals surface area contributed by atoms with Gasteiger partial charge in [0.25, 0.3) is 0 Å². The molecule has 0 aromatic carbocycles. The summed E-state index contributed by atoms with van der Waals surface area (Å²) in [7, 11) is 0. The van der Waals surface area contributed by atoms with Crippen LogP contribution in [0.1, 0.15) is 19.3 Å². The van der Waals surface area contributed by atoms with Gasteiger partial charge in [0, 0.05) is 38.6 Å². The molecule has 4 heterocycles. The zero-order valence-corrected chi connectivity index (χ0v) is 12.9. The van der Waals surface area contributed by atoms with E-state index in [1.165, 1.54) is 6.33 Å². The Balaban J connectivity index is 1.51. The molecule has 1 unspecified atom stereocenters. The van der Waals surface area contributed by atoms with Crippen LogP contribution in [-0.2, 0) is 11.3 Å². The van der Waals surface area contributed by atoms with E-state index in [1.807, 2.05) is 4.68 Å². The molecule has 1 fully saturated rings. The third kappa shape index (κ3) is 2.64. The molecule has 0 aliphatic carbocycles. The molecule has 1 atom stereocenters. The molecule has 1 saturated heterocycles. The largest absolute Gasteiger partial charge is 0.340 e. The van der Waals surface area contributed by atoms with E-state index >= 15 is 0 Å². The molecule has 23 heavy (non-hydrogen) atoms. The molecule has 120 valence electrons. The van der Waals surface area contributed by atoms with E-state index in [0.717, 1.165) is 38.9 Å². The molecule has 2 aromatic rings. The minimum Gasteiger partial charge on any atom is -0.340 e. The Bertz CT molecular complexity index is 686. The normalized spacial score (nSPS) is 21.1. The summed E-state index contributed by atoms with van der Waals surface area (Å²) in [5, 5.41) is 4.18. The smallest absolute Gasteiger partial charge is 0.234 e. The van der Waals surface area contributed by atoms with Crippen molar-refractivity contribution < 1.29 is 4.79 Å². The van der Waals surface area contributed by atoms with Gasteiger partial charge >= 0.3 is 0 Å². The zero-order chi connectivity index (χ0) is 15.6. The molecule has 2 aliphatic heterocycles. The summed E-state index contributed by atoms with van der Waals surface area (Å²) >= 11 is 0. The molecule has 0 bridgehead atoms. The first-order valence-corrected chi connectivity index (χ1v) is 8.04. The number of aryl methyl sites for hydroxylation is 1. The van der Waals surface area contributed by atoms with Gasteiger partial charge in [-0.3, -0.25) is 9.69 Å². The fourth-order valence-electron chi connectivity index (χ4n) is 3.35. The van der Waals surface area contributed by atoms with Gasteiger partial charge in [0.2, 0.25) is 17.8 Å². The quantitative estimate of drug-likeness (QED) is 0.813. The van der Waals surface area contributed by atoms with Gasteiger partial charge < -0.3 is 4.90 Å². The van der Waals surface area contributed by atoms with Gasteiger partial charge in [0.15, 0.2) is 0 Å². The minimum atomic E-state index is -0.0455. The fourth-order valence-corrected chi connectivity index (χ4v) is 3.35. The van der Waals surface area contributed by atoms with E-state index in [0.29, 0.717) is 18.4 Å². The lowest BCUT2D eigenvalue weighted by Crippen LogP contribution is -2.47. The van der Waals surface area contributed by atoms with E-state index in [1.54, 1.807) is 23.4 Å². The lowest BCUT2D eigenvalue weighted by molar-refractivity contribution is -0.122. The Morgan fingerprint density at radius 1 is 1.09 bits per heavy atom. The van der Waals surface area contributed by atoms with Crippen molar-refractivity contribution in [1.82, 2.24) is 24.7 Å². The maximum Gasteiger partial charge on any atom is 0.234 e. The number of fused-ring (bicyclic) bond motifs is 1. The number of amides is 1. The van der Waals surface area contributed by atoms with Gasteiger partial charge in [-0.1, -0.05) is 0 Å². The van der Waals surface area contributed by atoms with Crippen LogP contribution in [0, 0.1) is 5.92 Å². The summed E-state index contributed by atoms with van der Waals surface area (Å²) in [4.78, 5) is 29.7. The van der Waals surface area contributed by atoms with Crippen molar-refractivity contribution in [2.45, 2.75) is 25.8 Å². The Morgan fingerprint density at radius 2 is 1.96 bits per heavy atom.